The first-order valence-corrected chi connectivity index (χ1v) is 7.37. The van der Waals surface area contributed by atoms with Crippen molar-refractivity contribution >= 4 is 23.5 Å². The number of hydrogen-bond acceptors (Lipinski definition) is 3. The Morgan fingerprint density at radius 3 is 2.48 bits per heavy atom. The number of carbonyl (C=O) groups is 2. The molecule has 5 nitrogen and oxygen atoms in total. The van der Waals surface area contributed by atoms with Crippen molar-refractivity contribution in [3.05, 3.63) is 28.5 Å². The van der Waals surface area contributed by atoms with Crippen LogP contribution in [0.2, 0.25) is 5.15 Å². The smallest absolute Gasteiger partial charge is 0.306 e. The SMILES string of the molecule is CC(C)c1cc(C(=O)N2CC(C(C)C(=O)O)C2)cc(Cl)n1. The number of likely N-dealkylation sites (tertiary alicyclic amines) is 1. The van der Waals surface area contributed by atoms with Crippen LogP contribution in [0.3, 0.4) is 0 Å². The molecule has 0 aliphatic carbocycles. The molecule has 1 saturated heterocycles. The maximum absolute atomic E-state index is 12.4. The Kier molecular flexibility index (Phi) is 4.52. The Bertz CT molecular complexity index is 568. The number of aliphatic carboxylic acids is 1. The molecular weight excluding hydrogens is 292 g/mol. The fourth-order valence-corrected chi connectivity index (χ4v) is 2.53. The van der Waals surface area contributed by atoms with E-state index in [0.29, 0.717) is 23.8 Å². The van der Waals surface area contributed by atoms with E-state index in [4.69, 9.17) is 16.7 Å². The monoisotopic (exact) mass is 310 g/mol. The lowest BCUT2D eigenvalue weighted by Gasteiger charge is -2.41. The highest BCUT2D eigenvalue weighted by molar-refractivity contribution is 6.29. The van der Waals surface area contributed by atoms with Crippen molar-refractivity contribution in [1.29, 1.82) is 0 Å². The molecule has 0 spiro atoms. The summed E-state index contributed by atoms with van der Waals surface area (Å²) in [6.45, 7) is 6.60. The lowest BCUT2D eigenvalue weighted by Crippen LogP contribution is -2.53. The van der Waals surface area contributed by atoms with Crippen molar-refractivity contribution in [1.82, 2.24) is 9.88 Å². The molecule has 1 amide bonds. The number of halogens is 1. The van der Waals surface area contributed by atoms with Crippen LogP contribution in [0.25, 0.3) is 0 Å². The maximum Gasteiger partial charge on any atom is 0.306 e. The van der Waals surface area contributed by atoms with E-state index in [1.165, 1.54) is 0 Å². The van der Waals surface area contributed by atoms with Crippen LogP contribution in [0.4, 0.5) is 0 Å². The highest BCUT2D eigenvalue weighted by Gasteiger charge is 2.37. The lowest BCUT2D eigenvalue weighted by molar-refractivity contribution is -0.144. The van der Waals surface area contributed by atoms with Crippen molar-refractivity contribution in [2.45, 2.75) is 26.7 Å². The summed E-state index contributed by atoms with van der Waals surface area (Å²) in [7, 11) is 0. The van der Waals surface area contributed by atoms with Gasteiger partial charge in [-0.15, -0.1) is 0 Å². The molecule has 1 aliphatic heterocycles. The first kappa shape index (κ1) is 15.8. The van der Waals surface area contributed by atoms with E-state index in [2.05, 4.69) is 4.98 Å². The number of amides is 1. The van der Waals surface area contributed by atoms with Gasteiger partial charge in [-0.2, -0.15) is 0 Å². The van der Waals surface area contributed by atoms with Crippen LogP contribution in [-0.4, -0.2) is 40.0 Å². The summed E-state index contributed by atoms with van der Waals surface area (Å²) in [5.74, 6) is -1.16. The number of aromatic nitrogens is 1. The minimum atomic E-state index is -0.818. The van der Waals surface area contributed by atoms with Gasteiger partial charge in [0.25, 0.3) is 5.91 Å². The van der Waals surface area contributed by atoms with Gasteiger partial charge in [-0.05, 0) is 18.1 Å². The first-order chi connectivity index (χ1) is 9.79. The highest BCUT2D eigenvalue weighted by atomic mass is 35.5. The van der Waals surface area contributed by atoms with Gasteiger partial charge in [-0.1, -0.05) is 32.4 Å². The molecule has 0 aromatic carbocycles. The zero-order valence-electron chi connectivity index (χ0n) is 12.3. The van der Waals surface area contributed by atoms with Crippen molar-refractivity contribution in [3.8, 4) is 0 Å². The summed E-state index contributed by atoms with van der Waals surface area (Å²) in [5.41, 5.74) is 1.29. The zero-order valence-corrected chi connectivity index (χ0v) is 13.1. The number of hydrogen-bond donors (Lipinski definition) is 1. The average Bonchev–Trinajstić information content (AvgIpc) is 2.35. The minimum Gasteiger partial charge on any atom is -0.481 e. The van der Waals surface area contributed by atoms with Crippen LogP contribution in [-0.2, 0) is 4.79 Å². The van der Waals surface area contributed by atoms with Gasteiger partial charge in [0.15, 0.2) is 0 Å². The molecule has 0 saturated carbocycles. The minimum absolute atomic E-state index is 0.0216. The summed E-state index contributed by atoms with van der Waals surface area (Å²) in [6, 6.07) is 3.32. The molecule has 6 heteroatoms. The molecule has 2 heterocycles. The van der Waals surface area contributed by atoms with Gasteiger partial charge >= 0.3 is 5.97 Å². The average molecular weight is 311 g/mol. The van der Waals surface area contributed by atoms with E-state index in [0.717, 1.165) is 5.69 Å². The predicted molar refractivity (Wildman–Crippen MR) is 79.5 cm³/mol. The number of carbonyl (C=O) groups excluding carboxylic acids is 1. The molecule has 1 aromatic rings. The Hall–Kier alpha value is -1.62. The molecular formula is C15H19ClN2O3. The van der Waals surface area contributed by atoms with Gasteiger partial charge < -0.3 is 10.0 Å². The molecule has 0 radical (unpaired) electrons. The van der Waals surface area contributed by atoms with Crippen molar-refractivity contribution in [2.75, 3.05) is 13.1 Å². The standard InChI is InChI=1S/C15H19ClN2O3/c1-8(2)12-4-10(5-13(16)17-12)14(19)18-6-11(7-18)9(3)15(20)21/h4-5,8-9,11H,6-7H2,1-3H3,(H,20,21). The maximum atomic E-state index is 12.4. The van der Waals surface area contributed by atoms with Crippen molar-refractivity contribution in [2.24, 2.45) is 11.8 Å². The third-order valence-electron chi connectivity index (χ3n) is 3.95. The van der Waals surface area contributed by atoms with Crippen LogP contribution in [0.15, 0.2) is 12.1 Å². The topological polar surface area (TPSA) is 70.5 Å². The first-order valence-electron chi connectivity index (χ1n) is 6.99. The molecule has 1 fully saturated rings. The molecule has 0 bridgehead atoms. The van der Waals surface area contributed by atoms with Crippen LogP contribution >= 0.6 is 11.6 Å². The second kappa shape index (κ2) is 6.02. The second-order valence-electron chi connectivity index (χ2n) is 5.86. The number of nitrogens with zero attached hydrogens (tertiary/aromatic N) is 2. The molecule has 21 heavy (non-hydrogen) atoms. The molecule has 114 valence electrons. The van der Waals surface area contributed by atoms with E-state index in [1.54, 1.807) is 24.0 Å². The predicted octanol–water partition coefficient (Wildman–Crippen LogP) is 2.65. The van der Waals surface area contributed by atoms with Crippen molar-refractivity contribution < 1.29 is 14.7 Å². The van der Waals surface area contributed by atoms with Gasteiger partial charge in [-0.3, -0.25) is 9.59 Å². The molecule has 1 aliphatic rings. The Morgan fingerprint density at radius 1 is 1.33 bits per heavy atom. The summed E-state index contributed by atoms with van der Waals surface area (Å²) in [6.07, 6.45) is 0. The third-order valence-corrected chi connectivity index (χ3v) is 4.14. The van der Waals surface area contributed by atoms with Crippen LogP contribution in [0, 0.1) is 11.8 Å². The Balaban J connectivity index is 2.07. The fourth-order valence-electron chi connectivity index (χ4n) is 2.32. The lowest BCUT2D eigenvalue weighted by atomic mass is 9.86. The van der Waals surface area contributed by atoms with Gasteiger partial charge in [0.05, 0.1) is 5.92 Å². The molecule has 1 aromatic heterocycles. The van der Waals surface area contributed by atoms with Gasteiger partial charge in [0.1, 0.15) is 5.15 Å². The van der Waals surface area contributed by atoms with Gasteiger partial charge in [0, 0.05) is 30.3 Å². The van der Waals surface area contributed by atoms with Crippen LogP contribution in [0.1, 0.15) is 42.7 Å². The van der Waals surface area contributed by atoms with Crippen LogP contribution in [0.5, 0.6) is 0 Å². The number of carboxylic acids is 1. The van der Waals surface area contributed by atoms with Gasteiger partial charge in [-0.25, -0.2) is 4.98 Å². The molecule has 1 N–H and O–H groups in total. The summed E-state index contributed by atoms with van der Waals surface area (Å²) in [5, 5.41) is 9.27. The van der Waals surface area contributed by atoms with Gasteiger partial charge in [0.2, 0.25) is 0 Å². The summed E-state index contributed by atoms with van der Waals surface area (Å²) in [4.78, 5) is 29.2. The van der Waals surface area contributed by atoms with E-state index >= 15 is 0 Å². The normalized spacial score (nSPS) is 16.7. The number of pyridine rings is 1. The van der Waals surface area contributed by atoms with E-state index in [9.17, 15) is 9.59 Å². The molecule has 1 unspecified atom stereocenters. The van der Waals surface area contributed by atoms with E-state index in [1.807, 2.05) is 13.8 Å². The summed E-state index contributed by atoms with van der Waals surface area (Å²) >= 11 is 5.97. The quantitative estimate of drug-likeness (QED) is 0.868. The van der Waals surface area contributed by atoms with Crippen LogP contribution < -0.4 is 0 Å². The van der Waals surface area contributed by atoms with E-state index < -0.39 is 11.9 Å². The zero-order chi connectivity index (χ0) is 15.7. The molecule has 2 rings (SSSR count). The highest BCUT2D eigenvalue weighted by Crippen LogP contribution is 2.27. The van der Waals surface area contributed by atoms with Crippen molar-refractivity contribution in [3.63, 3.8) is 0 Å². The number of rotatable bonds is 4. The Labute approximate surface area is 128 Å². The number of carboxylic acid groups (broad SMARTS) is 1. The Morgan fingerprint density at radius 2 is 1.95 bits per heavy atom. The third kappa shape index (κ3) is 3.35. The fraction of sp³-hybridized carbons (Fsp3) is 0.533. The van der Waals surface area contributed by atoms with E-state index in [-0.39, 0.29) is 17.7 Å². The molecule has 1 atom stereocenters. The second-order valence-corrected chi connectivity index (χ2v) is 6.24. The largest absolute Gasteiger partial charge is 0.481 e. The summed E-state index contributed by atoms with van der Waals surface area (Å²) < 4.78 is 0.